The number of carbonyl (C=O) groups is 1. The van der Waals surface area contributed by atoms with E-state index in [0.29, 0.717) is 12.8 Å². The molecule has 0 amide bonds. The minimum Gasteiger partial charge on any atom is -0.385 e. The Bertz CT molecular complexity index is 541. The van der Waals surface area contributed by atoms with Gasteiger partial charge in [0.2, 0.25) is 0 Å². The summed E-state index contributed by atoms with van der Waals surface area (Å²) >= 11 is 0. The third-order valence-corrected chi connectivity index (χ3v) is 3.21. The molecule has 0 radical (unpaired) electrons. The lowest BCUT2D eigenvalue weighted by molar-refractivity contribution is -0.115. The fourth-order valence-electron chi connectivity index (χ4n) is 2.29. The predicted molar refractivity (Wildman–Crippen MR) is 78.8 cm³/mol. The van der Waals surface area contributed by atoms with E-state index in [2.05, 4.69) is 5.32 Å². The zero-order chi connectivity index (χ0) is 14.5. The van der Waals surface area contributed by atoms with Gasteiger partial charge in [-0.25, -0.2) is 4.39 Å². The highest BCUT2D eigenvalue weighted by atomic mass is 19.1. The molecule has 0 atom stereocenters. The van der Waals surface area contributed by atoms with E-state index < -0.39 is 0 Å². The van der Waals surface area contributed by atoms with Crippen LogP contribution in [-0.4, -0.2) is 11.8 Å². The second kappa shape index (κ2) is 6.51. The van der Waals surface area contributed by atoms with Gasteiger partial charge in [0.1, 0.15) is 5.82 Å². The van der Waals surface area contributed by atoms with Crippen molar-refractivity contribution < 1.29 is 9.18 Å². The van der Waals surface area contributed by atoms with Crippen molar-refractivity contribution in [3.05, 3.63) is 59.1 Å². The number of hydrogen-bond acceptors (Lipinski definition) is 2. The van der Waals surface area contributed by atoms with Gasteiger partial charge in [0.05, 0.1) is 0 Å². The Hall–Kier alpha value is -1.90. The Balaban J connectivity index is 2.30. The van der Waals surface area contributed by atoms with Gasteiger partial charge >= 0.3 is 0 Å². The van der Waals surface area contributed by atoms with Crippen molar-refractivity contribution in [1.29, 1.82) is 0 Å². The van der Waals surface area contributed by atoms with Gasteiger partial charge in [-0.3, -0.25) is 4.79 Å². The van der Waals surface area contributed by atoms with Gasteiger partial charge in [-0.05, 0) is 38.0 Å². The highest BCUT2D eigenvalue weighted by Gasteiger charge is 2.16. The molecule has 1 aromatic rings. The van der Waals surface area contributed by atoms with Gasteiger partial charge in [-0.15, -0.1) is 0 Å². The molecule has 106 valence electrons. The van der Waals surface area contributed by atoms with Crippen LogP contribution >= 0.6 is 0 Å². The Morgan fingerprint density at radius 3 is 2.60 bits per heavy atom. The summed E-state index contributed by atoms with van der Waals surface area (Å²) in [6.45, 7) is 4.09. The average molecular weight is 273 g/mol. The summed E-state index contributed by atoms with van der Waals surface area (Å²) in [5.41, 5.74) is 2.68. The van der Waals surface area contributed by atoms with Crippen LogP contribution in [0.3, 0.4) is 0 Å². The summed E-state index contributed by atoms with van der Waals surface area (Å²) in [7, 11) is 0. The first-order chi connectivity index (χ1) is 9.56. The molecule has 0 unspecified atom stereocenters. The maximum absolute atomic E-state index is 13.0. The molecule has 0 spiro atoms. The lowest BCUT2D eigenvalue weighted by Gasteiger charge is -2.19. The van der Waals surface area contributed by atoms with Crippen molar-refractivity contribution in [1.82, 2.24) is 5.32 Å². The topological polar surface area (TPSA) is 29.1 Å². The summed E-state index contributed by atoms with van der Waals surface area (Å²) in [5, 5.41) is 3.36. The molecular weight excluding hydrogens is 253 g/mol. The normalized spacial score (nSPS) is 17.5. The van der Waals surface area contributed by atoms with Crippen LogP contribution in [0.5, 0.6) is 0 Å². The first-order valence-electron chi connectivity index (χ1n) is 7.00. The molecular formula is C17H20FNO. The maximum atomic E-state index is 13.0. The third-order valence-electron chi connectivity index (χ3n) is 3.21. The third kappa shape index (κ3) is 3.80. The summed E-state index contributed by atoms with van der Waals surface area (Å²) in [5.74, 6) is -0.0637. The minimum atomic E-state index is -0.242. The molecule has 0 saturated heterocycles. The summed E-state index contributed by atoms with van der Waals surface area (Å²) < 4.78 is 13.0. The zero-order valence-corrected chi connectivity index (χ0v) is 11.9. The molecule has 1 aromatic carbocycles. The van der Waals surface area contributed by atoms with Crippen LogP contribution in [0.1, 0.15) is 32.3 Å². The van der Waals surface area contributed by atoms with Gasteiger partial charge in [-0.1, -0.05) is 24.3 Å². The largest absolute Gasteiger partial charge is 0.385 e. The standard InChI is InChI=1S/C17H20FNO/c1-12(2)19-16(15-5-3-4-6-17(15)20)11-13-7-9-14(18)10-8-13/h3,5,7-10,12,19H,4,6,11H2,1-2H3/b16-15-. The van der Waals surface area contributed by atoms with E-state index in [-0.39, 0.29) is 17.6 Å². The molecule has 1 aliphatic carbocycles. The van der Waals surface area contributed by atoms with E-state index in [9.17, 15) is 9.18 Å². The number of rotatable bonds is 4. The fourth-order valence-corrected chi connectivity index (χ4v) is 2.29. The Kier molecular flexibility index (Phi) is 4.72. The van der Waals surface area contributed by atoms with Crippen LogP contribution < -0.4 is 5.32 Å². The van der Waals surface area contributed by atoms with Crippen LogP contribution in [0, 0.1) is 5.82 Å². The van der Waals surface area contributed by atoms with Crippen molar-refractivity contribution in [2.24, 2.45) is 0 Å². The van der Waals surface area contributed by atoms with Gasteiger partial charge < -0.3 is 5.32 Å². The number of benzene rings is 1. The van der Waals surface area contributed by atoms with Crippen LogP contribution in [0.25, 0.3) is 0 Å². The molecule has 0 fully saturated rings. The summed E-state index contributed by atoms with van der Waals surface area (Å²) in [6.07, 6.45) is 5.93. The van der Waals surface area contributed by atoms with Gasteiger partial charge in [-0.2, -0.15) is 0 Å². The molecule has 2 nitrogen and oxygen atoms in total. The molecule has 0 saturated carbocycles. The zero-order valence-electron chi connectivity index (χ0n) is 11.9. The molecule has 0 aromatic heterocycles. The quantitative estimate of drug-likeness (QED) is 0.850. The molecule has 1 N–H and O–H groups in total. The summed E-state index contributed by atoms with van der Waals surface area (Å²) in [4.78, 5) is 12.1. The number of nitrogens with one attached hydrogen (secondary N) is 1. The van der Waals surface area contributed by atoms with Crippen LogP contribution in [0.2, 0.25) is 0 Å². The maximum Gasteiger partial charge on any atom is 0.164 e. The number of halogens is 1. The molecule has 0 aliphatic heterocycles. The van der Waals surface area contributed by atoms with Crippen molar-refractivity contribution in [2.75, 3.05) is 0 Å². The smallest absolute Gasteiger partial charge is 0.164 e. The molecule has 2 rings (SSSR count). The highest BCUT2D eigenvalue weighted by Crippen LogP contribution is 2.19. The van der Waals surface area contributed by atoms with E-state index in [4.69, 9.17) is 0 Å². The lowest BCUT2D eigenvalue weighted by Crippen LogP contribution is -2.26. The average Bonchev–Trinajstić information content (AvgIpc) is 2.41. The summed E-state index contributed by atoms with van der Waals surface area (Å²) in [6, 6.07) is 6.67. The second-order valence-corrected chi connectivity index (χ2v) is 5.36. The Morgan fingerprint density at radius 2 is 2.00 bits per heavy atom. The fraction of sp³-hybridized carbons (Fsp3) is 0.353. The van der Waals surface area contributed by atoms with E-state index in [1.165, 1.54) is 12.1 Å². The Labute approximate surface area is 119 Å². The predicted octanol–water partition coefficient (Wildman–Crippen LogP) is 3.54. The minimum absolute atomic E-state index is 0.178. The van der Waals surface area contributed by atoms with Crippen LogP contribution in [-0.2, 0) is 11.2 Å². The van der Waals surface area contributed by atoms with E-state index >= 15 is 0 Å². The van der Waals surface area contributed by atoms with Gasteiger partial charge in [0.15, 0.2) is 5.78 Å². The monoisotopic (exact) mass is 273 g/mol. The van der Waals surface area contributed by atoms with E-state index in [1.54, 1.807) is 12.1 Å². The highest BCUT2D eigenvalue weighted by molar-refractivity contribution is 5.99. The SMILES string of the molecule is CC(C)N/C(Cc1ccc(F)cc1)=C1/C=CCCC1=O. The molecule has 0 heterocycles. The number of hydrogen-bond donors (Lipinski definition) is 1. The van der Waals surface area contributed by atoms with Crippen molar-refractivity contribution in [3.8, 4) is 0 Å². The number of allylic oxidation sites excluding steroid dienone is 4. The molecule has 3 heteroatoms. The Morgan fingerprint density at radius 1 is 1.30 bits per heavy atom. The van der Waals surface area contributed by atoms with Crippen molar-refractivity contribution >= 4 is 5.78 Å². The van der Waals surface area contributed by atoms with E-state index in [1.807, 2.05) is 26.0 Å². The lowest BCUT2D eigenvalue weighted by atomic mass is 9.95. The van der Waals surface area contributed by atoms with Gasteiger partial charge in [0, 0.05) is 30.2 Å². The van der Waals surface area contributed by atoms with Crippen molar-refractivity contribution in [3.63, 3.8) is 0 Å². The number of Topliss-reactive ketones (excluding diaryl/α,β-unsaturated/α-hetero) is 1. The van der Waals surface area contributed by atoms with E-state index in [0.717, 1.165) is 23.3 Å². The van der Waals surface area contributed by atoms with Gasteiger partial charge in [0.25, 0.3) is 0 Å². The van der Waals surface area contributed by atoms with Crippen LogP contribution in [0.15, 0.2) is 47.7 Å². The molecule has 1 aliphatic rings. The molecule has 20 heavy (non-hydrogen) atoms. The van der Waals surface area contributed by atoms with Crippen molar-refractivity contribution in [2.45, 2.75) is 39.2 Å². The number of ketones is 1. The first kappa shape index (κ1) is 14.5. The van der Waals surface area contributed by atoms with Crippen LogP contribution in [0.4, 0.5) is 4.39 Å². The molecule has 0 bridgehead atoms. The second-order valence-electron chi connectivity index (χ2n) is 5.36. The first-order valence-corrected chi connectivity index (χ1v) is 7.00. The number of carbonyl (C=O) groups excluding carboxylic acids is 1.